The number of hydrogen-bond acceptors (Lipinski definition) is 4. The van der Waals surface area contributed by atoms with Crippen molar-refractivity contribution in [1.29, 1.82) is 0 Å². The molecule has 4 heteroatoms. The number of Topliss-reactive ketones (excluding diaryl/α,β-unsaturated/α-hetero) is 2. The molecule has 0 heterocycles. The number of carbonyl (C=O) groups is 2. The first-order valence-electron chi connectivity index (χ1n) is 4.54. The second kappa shape index (κ2) is 4.59. The first-order chi connectivity index (χ1) is 7.10. The highest BCUT2D eigenvalue weighted by Crippen LogP contribution is 2.26. The van der Waals surface area contributed by atoms with Gasteiger partial charge in [0.1, 0.15) is 0 Å². The molecule has 0 saturated heterocycles. The standard InChI is InChI=1S/C11H12O4/c1-3-8(12)11(14)7-4-5-9(13)10(6-7)15-2/h4-6,13H,3H2,1-2H3. The summed E-state index contributed by atoms with van der Waals surface area (Å²) in [6.07, 6.45) is 0.169. The molecule has 0 aliphatic rings. The number of rotatable bonds is 4. The van der Waals surface area contributed by atoms with Crippen LogP contribution in [0.2, 0.25) is 0 Å². The molecule has 0 amide bonds. The molecule has 0 unspecified atom stereocenters. The minimum atomic E-state index is -0.559. The van der Waals surface area contributed by atoms with Crippen LogP contribution in [0.1, 0.15) is 23.7 Å². The molecule has 15 heavy (non-hydrogen) atoms. The maximum absolute atomic E-state index is 11.5. The van der Waals surface area contributed by atoms with E-state index in [4.69, 9.17) is 4.74 Å². The smallest absolute Gasteiger partial charge is 0.228 e. The van der Waals surface area contributed by atoms with Gasteiger partial charge in [0.15, 0.2) is 11.5 Å². The molecule has 0 aliphatic heterocycles. The molecule has 1 aromatic carbocycles. The second-order valence-electron chi connectivity index (χ2n) is 2.99. The summed E-state index contributed by atoms with van der Waals surface area (Å²) in [5.74, 6) is -0.888. The Morgan fingerprint density at radius 1 is 1.40 bits per heavy atom. The molecule has 0 fully saturated rings. The van der Waals surface area contributed by atoms with Crippen molar-refractivity contribution in [2.24, 2.45) is 0 Å². The van der Waals surface area contributed by atoms with E-state index in [-0.39, 0.29) is 23.5 Å². The largest absolute Gasteiger partial charge is 0.504 e. The van der Waals surface area contributed by atoms with E-state index in [9.17, 15) is 14.7 Å². The van der Waals surface area contributed by atoms with E-state index < -0.39 is 11.6 Å². The zero-order valence-corrected chi connectivity index (χ0v) is 8.61. The van der Waals surface area contributed by atoms with Gasteiger partial charge >= 0.3 is 0 Å². The van der Waals surface area contributed by atoms with Crippen molar-refractivity contribution in [2.45, 2.75) is 13.3 Å². The molecule has 0 aromatic heterocycles. The summed E-state index contributed by atoms with van der Waals surface area (Å²) in [5.41, 5.74) is 0.233. The summed E-state index contributed by atoms with van der Waals surface area (Å²) in [4.78, 5) is 22.6. The third kappa shape index (κ3) is 2.34. The maximum atomic E-state index is 11.5. The van der Waals surface area contributed by atoms with Crippen molar-refractivity contribution in [3.63, 3.8) is 0 Å². The maximum Gasteiger partial charge on any atom is 0.228 e. The topological polar surface area (TPSA) is 63.6 Å². The molecule has 4 nitrogen and oxygen atoms in total. The van der Waals surface area contributed by atoms with Gasteiger partial charge in [0, 0.05) is 12.0 Å². The van der Waals surface area contributed by atoms with Gasteiger partial charge in [0.25, 0.3) is 0 Å². The Morgan fingerprint density at radius 2 is 2.07 bits per heavy atom. The number of phenols is 1. The number of hydrogen-bond donors (Lipinski definition) is 1. The van der Waals surface area contributed by atoms with Crippen LogP contribution in [0.5, 0.6) is 11.5 Å². The highest BCUT2D eigenvalue weighted by atomic mass is 16.5. The van der Waals surface area contributed by atoms with Gasteiger partial charge in [-0.2, -0.15) is 0 Å². The first-order valence-corrected chi connectivity index (χ1v) is 4.54. The molecular weight excluding hydrogens is 196 g/mol. The summed E-state index contributed by atoms with van der Waals surface area (Å²) in [6, 6.07) is 4.08. The SMILES string of the molecule is CCC(=O)C(=O)c1ccc(O)c(OC)c1. The number of benzene rings is 1. The Balaban J connectivity index is 3.06. The van der Waals surface area contributed by atoms with Gasteiger partial charge in [-0.15, -0.1) is 0 Å². The van der Waals surface area contributed by atoms with Crippen LogP contribution in [0.25, 0.3) is 0 Å². The minimum absolute atomic E-state index is 0.0574. The Bertz CT molecular complexity index is 396. The van der Waals surface area contributed by atoms with Gasteiger partial charge in [0.05, 0.1) is 7.11 Å². The van der Waals surface area contributed by atoms with Crippen LogP contribution in [-0.2, 0) is 4.79 Å². The van der Waals surface area contributed by atoms with Crippen molar-refractivity contribution in [1.82, 2.24) is 0 Å². The van der Waals surface area contributed by atoms with Crippen LogP contribution in [0.4, 0.5) is 0 Å². The fourth-order valence-electron chi connectivity index (χ4n) is 1.14. The van der Waals surface area contributed by atoms with Gasteiger partial charge in [-0.25, -0.2) is 0 Å². The Morgan fingerprint density at radius 3 is 2.60 bits per heavy atom. The van der Waals surface area contributed by atoms with Crippen molar-refractivity contribution in [3.05, 3.63) is 23.8 Å². The average molecular weight is 208 g/mol. The molecule has 0 spiro atoms. The second-order valence-corrected chi connectivity index (χ2v) is 2.99. The van der Waals surface area contributed by atoms with E-state index >= 15 is 0 Å². The number of aromatic hydroxyl groups is 1. The monoisotopic (exact) mass is 208 g/mol. The van der Waals surface area contributed by atoms with Crippen molar-refractivity contribution >= 4 is 11.6 Å². The van der Waals surface area contributed by atoms with E-state index in [1.165, 1.54) is 25.3 Å². The number of phenolic OH excluding ortho intramolecular Hbond substituents is 1. The summed E-state index contributed by atoms with van der Waals surface area (Å²) in [6.45, 7) is 1.62. The van der Waals surface area contributed by atoms with Crippen molar-refractivity contribution in [2.75, 3.05) is 7.11 Å². The zero-order valence-electron chi connectivity index (χ0n) is 8.61. The molecule has 0 radical (unpaired) electrons. The predicted molar refractivity (Wildman–Crippen MR) is 54.3 cm³/mol. The molecule has 1 aromatic rings. The quantitative estimate of drug-likeness (QED) is 0.602. The van der Waals surface area contributed by atoms with Crippen LogP contribution >= 0.6 is 0 Å². The fourth-order valence-corrected chi connectivity index (χ4v) is 1.14. The Kier molecular flexibility index (Phi) is 3.44. The van der Waals surface area contributed by atoms with E-state index in [0.29, 0.717) is 0 Å². The van der Waals surface area contributed by atoms with E-state index in [1.54, 1.807) is 6.92 Å². The Hall–Kier alpha value is -1.84. The molecule has 80 valence electrons. The molecule has 0 aliphatic carbocycles. The minimum Gasteiger partial charge on any atom is -0.504 e. The summed E-state index contributed by atoms with van der Waals surface area (Å²) in [7, 11) is 1.38. The van der Waals surface area contributed by atoms with Crippen LogP contribution in [0.3, 0.4) is 0 Å². The van der Waals surface area contributed by atoms with Gasteiger partial charge in [0.2, 0.25) is 11.6 Å². The normalized spacial score (nSPS) is 9.73. The fraction of sp³-hybridized carbons (Fsp3) is 0.273. The molecule has 0 atom stereocenters. The van der Waals surface area contributed by atoms with Gasteiger partial charge in [-0.3, -0.25) is 9.59 Å². The summed E-state index contributed by atoms with van der Waals surface area (Å²) >= 11 is 0. The number of methoxy groups -OCH3 is 1. The van der Waals surface area contributed by atoms with Crippen LogP contribution in [0, 0.1) is 0 Å². The highest BCUT2D eigenvalue weighted by Gasteiger charge is 2.15. The van der Waals surface area contributed by atoms with Crippen LogP contribution in [-0.4, -0.2) is 23.8 Å². The van der Waals surface area contributed by atoms with Crippen molar-refractivity contribution < 1.29 is 19.4 Å². The lowest BCUT2D eigenvalue weighted by Crippen LogP contribution is -2.12. The molecule has 0 bridgehead atoms. The Labute approximate surface area is 87.5 Å². The third-order valence-electron chi connectivity index (χ3n) is 2.02. The van der Waals surface area contributed by atoms with Crippen LogP contribution in [0.15, 0.2) is 18.2 Å². The van der Waals surface area contributed by atoms with Crippen molar-refractivity contribution in [3.8, 4) is 11.5 Å². The van der Waals surface area contributed by atoms with Gasteiger partial charge in [-0.1, -0.05) is 6.92 Å². The van der Waals surface area contributed by atoms with Gasteiger partial charge < -0.3 is 9.84 Å². The highest BCUT2D eigenvalue weighted by molar-refractivity contribution is 6.43. The van der Waals surface area contributed by atoms with Gasteiger partial charge in [-0.05, 0) is 18.2 Å². The molecule has 1 N–H and O–H groups in total. The average Bonchev–Trinajstić information content (AvgIpc) is 2.27. The lowest BCUT2D eigenvalue weighted by molar-refractivity contribution is -0.114. The number of ether oxygens (including phenoxy) is 1. The zero-order chi connectivity index (χ0) is 11.4. The molecule has 1 rings (SSSR count). The van der Waals surface area contributed by atoms with E-state index in [0.717, 1.165) is 0 Å². The lowest BCUT2D eigenvalue weighted by Gasteiger charge is -2.04. The molecule has 0 saturated carbocycles. The third-order valence-corrected chi connectivity index (χ3v) is 2.02. The lowest BCUT2D eigenvalue weighted by atomic mass is 10.1. The summed E-state index contributed by atoms with van der Waals surface area (Å²) in [5, 5.41) is 9.29. The predicted octanol–water partition coefficient (Wildman–Crippen LogP) is 1.56. The molecular formula is C11H12O4. The van der Waals surface area contributed by atoms with E-state index in [1.807, 2.05) is 0 Å². The van der Waals surface area contributed by atoms with Crippen LogP contribution < -0.4 is 4.74 Å². The summed E-state index contributed by atoms with van der Waals surface area (Å²) < 4.78 is 4.84. The van der Waals surface area contributed by atoms with E-state index in [2.05, 4.69) is 0 Å². The number of ketones is 2. The number of carbonyl (C=O) groups excluding carboxylic acids is 2. The first kappa shape index (κ1) is 11.2.